The van der Waals surface area contributed by atoms with Crippen molar-refractivity contribution >= 4 is 27.3 Å². The van der Waals surface area contributed by atoms with Gasteiger partial charge in [0.1, 0.15) is 0 Å². The number of hydrogen-bond donors (Lipinski definition) is 1. The minimum Gasteiger partial charge on any atom is -0.322 e. The highest BCUT2D eigenvalue weighted by molar-refractivity contribution is 9.10. The molecule has 98 valence electrons. The third kappa shape index (κ3) is 2.92. The average molecular weight is 319 g/mol. The number of halogens is 1. The molecule has 1 heterocycles. The minimum absolute atomic E-state index is 0.0247. The van der Waals surface area contributed by atoms with Crippen LogP contribution in [0.2, 0.25) is 0 Å². The van der Waals surface area contributed by atoms with Gasteiger partial charge in [-0.1, -0.05) is 20.8 Å². The van der Waals surface area contributed by atoms with Crippen LogP contribution in [0.4, 0.5) is 0 Å². The standard InChI is InChI=1S/C13H23BrN2S/c1-5-13(4,16(6-2)7-3)12(15)11-10(14)8-9-17-11/h8-9,12H,5-7,15H2,1-4H3. The molecular weight excluding hydrogens is 296 g/mol. The highest BCUT2D eigenvalue weighted by atomic mass is 79.9. The van der Waals surface area contributed by atoms with Gasteiger partial charge in [-0.3, -0.25) is 4.90 Å². The summed E-state index contributed by atoms with van der Waals surface area (Å²) in [7, 11) is 0. The predicted molar refractivity (Wildman–Crippen MR) is 80.6 cm³/mol. The van der Waals surface area contributed by atoms with Gasteiger partial charge in [0.25, 0.3) is 0 Å². The smallest absolute Gasteiger partial charge is 0.0585 e. The van der Waals surface area contributed by atoms with Crippen molar-refractivity contribution in [3.63, 3.8) is 0 Å². The number of rotatable bonds is 6. The topological polar surface area (TPSA) is 29.3 Å². The molecule has 2 nitrogen and oxygen atoms in total. The van der Waals surface area contributed by atoms with E-state index in [9.17, 15) is 0 Å². The third-order valence-electron chi connectivity index (χ3n) is 3.80. The zero-order valence-electron chi connectivity index (χ0n) is 11.2. The minimum atomic E-state index is 0.0247. The van der Waals surface area contributed by atoms with Crippen LogP contribution in [-0.4, -0.2) is 23.5 Å². The van der Waals surface area contributed by atoms with Crippen LogP contribution in [0.3, 0.4) is 0 Å². The lowest BCUT2D eigenvalue weighted by atomic mass is 9.86. The van der Waals surface area contributed by atoms with Crippen LogP contribution < -0.4 is 5.73 Å². The maximum atomic E-state index is 6.52. The van der Waals surface area contributed by atoms with Crippen LogP contribution >= 0.6 is 27.3 Å². The lowest BCUT2D eigenvalue weighted by Gasteiger charge is -2.44. The second kappa shape index (κ2) is 6.32. The van der Waals surface area contributed by atoms with Crippen molar-refractivity contribution < 1.29 is 0 Å². The van der Waals surface area contributed by atoms with E-state index in [1.54, 1.807) is 11.3 Å². The quantitative estimate of drug-likeness (QED) is 0.858. The Bertz CT molecular complexity index is 349. The first-order valence-corrected chi connectivity index (χ1v) is 7.92. The van der Waals surface area contributed by atoms with E-state index in [4.69, 9.17) is 5.73 Å². The Hall–Kier alpha value is 0.100. The Kier molecular flexibility index (Phi) is 5.64. The summed E-state index contributed by atoms with van der Waals surface area (Å²) in [6.07, 6.45) is 1.06. The molecule has 4 heteroatoms. The number of hydrogen-bond acceptors (Lipinski definition) is 3. The van der Waals surface area contributed by atoms with E-state index in [1.165, 1.54) is 4.88 Å². The highest BCUT2D eigenvalue weighted by Gasteiger charge is 2.36. The summed E-state index contributed by atoms with van der Waals surface area (Å²) in [5.74, 6) is 0. The molecule has 1 aromatic heterocycles. The summed E-state index contributed by atoms with van der Waals surface area (Å²) >= 11 is 5.33. The fourth-order valence-corrected chi connectivity index (χ4v) is 4.16. The van der Waals surface area contributed by atoms with E-state index in [2.05, 4.69) is 60.0 Å². The second-order valence-electron chi connectivity index (χ2n) is 4.49. The molecule has 0 spiro atoms. The number of nitrogens with zero attached hydrogens (tertiary/aromatic N) is 1. The van der Waals surface area contributed by atoms with E-state index < -0.39 is 0 Å². The van der Waals surface area contributed by atoms with Crippen molar-refractivity contribution in [3.05, 3.63) is 20.8 Å². The van der Waals surface area contributed by atoms with Gasteiger partial charge < -0.3 is 5.73 Å². The normalized spacial score (nSPS) is 17.1. The van der Waals surface area contributed by atoms with Gasteiger partial charge in [0.15, 0.2) is 0 Å². The van der Waals surface area contributed by atoms with Crippen LogP contribution in [0.5, 0.6) is 0 Å². The Labute approximate surface area is 117 Å². The molecule has 0 saturated heterocycles. The summed E-state index contributed by atoms with van der Waals surface area (Å²) in [6.45, 7) is 11.0. The summed E-state index contributed by atoms with van der Waals surface area (Å²) < 4.78 is 1.14. The molecule has 0 amide bonds. The van der Waals surface area contributed by atoms with Gasteiger partial charge in [0.05, 0.1) is 6.04 Å². The number of thiophene rings is 1. The van der Waals surface area contributed by atoms with E-state index in [0.717, 1.165) is 24.0 Å². The van der Waals surface area contributed by atoms with Gasteiger partial charge >= 0.3 is 0 Å². The third-order valence-corrected chi connectivity index (χ3v) is 5.75. The Morgan fingerprint density at radius 1 is 1.41 bits per heavy atom. The van der Waals surface area contributed by atoms with Crippen LogP contribution in [0.15, 0.2) is 15.9 Å². The van der Waals surface area contributed by atoms with Gasteiger partial charge in [0.2, 0.25) is 0 Å². The molecule has 0 fully saturated rings. The second-order valence-corrected chi connectivity index (χ2v) is 6.30. The van der Waals surface area contributed by atoms with Crippen LogP contribution in [-0.2, 0) is 0 Å². The maximum Gasteiger partial charge on any atom is 0.0585 e. The molecule has 0 saturated carbocycles. The molecule has 17 heavy (non-hydrogen) atoms. The number of nitrogens with two attached hydrogens (primary N) is 1. The van der Waals surface area contributed by atoms with Crippen LogP contribution in [0.1, 0.15) is 45.0 Å². The molecular formula is C13H23BrN2S. The fourth-order valence-electron chi connectivity index (χ4n) is 2.40. The van der Waals surface area contributed by atoms with Crippen molar-refractivity contribution in [1.29, 1.82) is 0 Å². The summed E-state index contributed by atoms with van der Waals surface area (Å²) in [5, 5.41) is 2.09. The Morgan fingerprint density at radius 3 is 2.35 bits per heavy atom. The number of likely N-dealkylation sites (N-methyl/N-ethyl adjacent to an activating group) is 1. The van der Waals surface area contributed by atoms with Gasteiger partial charge in [-0.2, -0.15) is 0 Å². The van der Waals surface area contributed by atoms with Crippen molar-refractivity contribution in [2.75, 3.05) is 13.1 Å². The molecule has 0 bridgehead atoms. The fraction of sp³-hybridized carbons (Fsp3) is 0.692. The average Bonchev–Trinajstić information content (AvgIpc) is 2.75. The molecule has 0 aliphatic carbocycles. The van der Waals surface area contributed by atoms with Gasteiger partial charge in [-0.05, 0) is 53.8 Å². The molecule has 0 aromatic carbocycles. The highest BCUT2D eigenvalue weighted by Crippen LogP contribution is 2.38. The van der Waals surface area contributed by atoms with Gasteiger partial charge in [0, 0.05) is 14.9 Å². The van der Waals surface area contributed by atoms with Crippen molar-refractivity contribution in [2.45, 2.75) is 45.7 Å². The predicted octanol–water partition coefficient (Wildman–Crippen LogP) is 4.02. The maximum absolute atomic E-state index is 6.52. The molecule has 0 aliphatic heterocycles. The summed E-state index contributed by atoms with van der Waals surface area (Å²) in [6, 6.07) is 2.14. The zero-order chi connectivity index (χ0) is 13.1. The first-order chi connectivity index (χ1) is 8.01. The Morgan fingerprint density at radius 2 is 2.00 bits per heavy atom. The van der Waals surface area contributed by atoms with E-state index in [-0.39, 0.29) is 11.6 Å². The van der Waals surface area contributed by atoms with E-state index in [0.29, 0.717) is 0 Å². The van der Waals surface area contributed by atoms with Crippen molar-refractivity contribution in [3.8, 4) is 0 Å². The monoisotopic (exact) mass is 318 g/mol. The van der Waals surface area contributed by atoms with Crippen LogP contribution in [0.25, 0.3) is 0 Å². The molecule has 2 unspecified atom stereocenters. The first-order valence-electron chi connectivity index (χ1n) is 6.24. The first kappa shape index (κ1) is 15.2. The molecule has 2 N–H and O–H groups in total. The lowest BCUT2D eigenvalue weighted by Crippen LogP contribution is -2.52. The van der Waals surface area contributed by atoms with E-state index >= 15 is 0 Å². The summed E-state index contributed by atoms with van der Waals surface area (Å²) in [4.78, 5) is 3.71. The Balaban J connectivity index is 3.04. The molecule has 0 aliphatic rings. The largest absolute Gasteiger partial charge is 0.322 e. The van der Waals surface area contributed by atoms with Gasteiger partial charge in [-0.15, -0.1) is 11.3 Å². The summed E-state index contributed by atoms with van der Waals surface area (Å²) in [5.41, 5.74) is 6.54. The molecule has 0 radical (unpaired) electrons. The van der Waals surface area contributed by atoms with E-state index in [1.807, 2.05) is 0 Å². The lowest BCUT2D eigenvalue weighted by molar-refractivity contribution is 0.0854. The molecule has 2 atom stereocenters. The SMILES string of the molecule is CCN(CC)C(C)(CC)C(N)c1sccc1Br. The van der Waals surface area contributed by atoms with Crippen LogP contribution in [0, 0.1) is 0 Å². The van der Waals surface area contributed by atoms with Crippen molar-refractivity contribution in [2.24, 2.45) is 5.73 Å². The molecule has 1 aromatic rings. The van der Waals surface area contributed by atoms with Gasteiger partial charge in [-0.25, -0.2) is 0 Å². The van der Waals surface area contributed by atoms with Crippen molar-refractivity contribution in [1.82, 2.24) is 4.90 Å². The molecule has 1 rings (SSSR count). The zero-order valence-corrected chi connectivity index (χ0v) is 13.6.